The number of hydrogen-bond acceptors (Lipinski definition) is 3. The highest BCUT2D eigenvalue weighted by Crippen LogP contribution is 2.22. The van der Waals surface area contributed by atoms with Gasteiger partial charge in [-0.15, -0.1) is 0 Å². The topological polar surface area (TPSA) is 56.0 Å². The van der Waals surface area contributed by atoms with Crippen molar-refractivity contribution in [3.63, 3.8) is 0 Å². The molecule has 1 aromatic heterocycles. The molecule has 2 aromatic rings. The van der Waals surface area contributed by atoms with Crippen LogP contribution in [0.2, 0.25) is 0 Å². The second-order valence-corrected chi connectivity index (χ2v) is 4.83. The lowest BCUT2D eigenvalue weighted by Crippen LogP contribution is -2.28. The number of carbonyl (C=O) groups excluding carboxylic acids is 1. The smallest absolute Gasteiger partial charge is 0.168 e. The van der Waals surface area contributed by atoms with Crippen LogP contribution in [-0.2, 0) is 0 Å². The third kappa shape index (κ3) is 2.27. The molecule has 2 N–H and O–H groups in total. The van der Waals surface area contributed by atoms with E-state index < -0.39 is 0 Å². The highest BCUT2D eigenvalue weighted by molar-refractivity contribution is 6.08. The number of aromatic nitrogens is 1. The summed E-state index contributed by atoms with van der Waals surface area (Å²) in [6.45, 7) is 4.44. The van der Waals surface area contributed by atoms with Gasteiger partial charge in [-0.1, -0.05) is 32.0 Å². The summed E-state index contributed by atoms with van der Waals surface area (Å²) in [5.74, 6) is 0.233. The standard InChI is InChI=1S/C15H18N2O/c1-10(2)13(9-16)15(18)12-5-3-7-14-11(12)6-4-8-17-14/h3-8,10,13H,9,16H2,1-2H3. The molecular weight excluding hydrogens is 224 g/mol. The van der Waals surface area contributed by atoms with Crippen molar-refractivity contribution in [2.75, 3.05) is 6.54 Å². The molecule has 0 aliphatic carbocycles. The summed E-state index contributed by atoms with van der Waals surface area (Å²) in [4.78, 5) is 16.8. The molecule has 1 aromatic carbocycles. The number of hydrogen-bond donors (Lipinski definition) is 1. The van der Waals surface area contributed by atoms with Gasteiger partial charge in [-0.2, -0.15) is 0 Å². The van der Waals surface area contributed by atoms with Gasteiger partial charge in [-0.3, -0.25) is 9.78 Å². The average Bonchev–Trinajstić information content (AvgIpc) is 2.38. The van der Waals surface area contributed by atoms with Crippen LogP contribution < -0.4 is 5.73 Å². The van der Waals surface area contributed by atoms with E-state index in [4.69, 9.17) is 5.73 Å². The number of pyridine rings is 1. The van der Waals surface area contributed by atoms with Gasteiger partial charge in [-0.25, -0.2) is 0 Å². The van der Waals surface area contributed by atoms with Crippen LogP contribution in [0.1, 0.15) is 24.2 Å². The van der Waals surface area contributed by atoms with Gasteiger partial charge in [-0.05, 0) is 18.1 Å². The van der Waals surface area contributed by atoms with Gasteiger partial charge in [0, 0.05) is 29.6 Å². The lowest BCUT2D eigenvalue weighted by atomic mass is 9.87. The van der Waals surface area contributed by atoms with Gasteiger partial charge in [0.25, 0.3) is 0 Å². The van der Waals surface area contributed by atoms with E-state index in [1.807, 2.05) is 44.2 Å². The molecule has 3 nitrogen and oxygen atoms in total. The molecule has 0 aliphatic heterocycles. The van der Waals surface area contributed by atoms with E-state index in [-0.39, 0.29) is 17.6 Å². The Bertz CT molecular complexity index is 558. The number of Topliss-reactive ketones (excluding diaryl/α,β-unsaturated/α-hetero) is 1. The number of carbonyl (C=O) groups is 1. The quantitative estimate of drug-likeness (QED) is 0.838. The fourth-order valence-electron chi connectivity index (χ4n) is 2.20. The third-order valence-electron chi connectivity index (χ3n) is 3.31. The van der Waals surface area contributed by atoms with Gasteiger partial charge in [0.1, 0.15) is 0 Å². The Morgan fingerprint density at radius 3 is 2.72 bits per heavy atom. The van der Waals surface area contributed by atoms with Gasteiger partial charge >= 0.3 is 0 Å². The number of nitrogens with zero attached hydrogens (tertiary/aromatic N) is 1. The minimum atomic E-state index is -0.129. The molecule has 3 heteroatoms. The van der Waals surface area contributed by atoms with Crippen molar-refractivity contribution in [2.24, 2.45) is 17.6 Å². The Kier molecular flexibility index (Phi) is 3.72. The molecule has 0 spiro atoms. The highest BCUT2D eigenvalue weighted by atomic mass is 16.1. The number of rotatable bonds is 4. The zero-order valence-electron chi connectivity index (χ0n) is 10.8. The molecule has 0 bridgehead atoms. The molecule has 0 saturated carbocycles. The molecule has 2 rings (SSSR count). The number of benzene rings is 1. The van der Waals surface area contributed by atoms with E-state index in [2.05, 4.69) is 4.98 Å². The molecule has 1 heterocycles. The summed E-state index contributed by atoms with van der Waals surface area (Å²) in [5, 5.41) is 0.907. The van der Waals surface area contributed by atoms with E-state index in [1.165, 1.54) is 0 Å². The van der Waals surface area contributed by atoms with E-state index >= 15 is 0 Å². The van der Waals surface area contributed by atoms with Gasteiger partial charge < -0.3 is 5.73 Å². The van der Waals surface area contributed by atoms with Crippen molar-refractivity contribution < 1.29 is 4.79 Å². The van der Waals surface area contributed by atoms with Crippen molar-refractivity contribution >= 4 is 16.7 Å². The van der Waals surface area contributed by atoms with Crippen molar-refractivity contribution in [2.45, 2.75) is 13.8 Å². The maximum absolute atomic E-state index is 12.5. The summed E-state index contributed by atoms with van der Waals surface area (Å²) >= 11 is 0. The van der Waals surface area contributed by atoms with Crippen LogP contribution in [0.5, 0.6) is 0 Å². The largest absolute Gasteiger partial charge is 0.330 e. The first-order valence-corrected chi connectivity index (χ1v) is 6.23. The summed E-state index contributed by atoms with van der Waals surface area (Å²) in [7, 11) is 0. The predicted molar refractivity (Wildman–Crippen MR) is 73.5 cm³/mol. The monoisotopic (exact) mass is 242 g/mol. The SMILES string of the molecule is CC(C)C(CN)C(=O)c1cccc2ncccc12. The Labute approximate surface area is 107 Å². The van der Waals surface area contributed by atoms with Crippen molar-refractivity contribution in [3.8, 4) is 0 Å². The van der Waals surface area contributed by atoms with E-state index in [9.17, 15) is 4.79 Å². The highest BCUT2D eigenvalue weighted by Gasteiger charge is 2.23. The summed E-state index contributed by atoms with van der Waals surface area (Å²) < 4.78 is 0. The number of nitrogens with two attached hydrogens (primary N) is 1. The molecule has 0 radical (unpaired) electrons. The Morgan fingerprint density at radius 2 is 2.06 bits per heavy atom. The molecular formula is C15H18N2O. The molecule has 0 fully saturated rings. The maximum Gasteiger partial charge on any atom is 0.168 e. The zero-order chi connectivity index (χ0) is 13.1. The third-order valence-corrected chi connectivity index (χ3v) is 3.31. The first-order valence-electron chi connectivity index (χ1n) is 6.23. The van der Waals surface area contributed by atoms with Crippen LogP contribution in [-0.4, -0.2) is 17.3 Å². The summed E-state index contributed by atoms with van der Waals surface area (Å²) in [6.07, 6.45) is 1.74. The lowest BCUT2D eigenvalue weighted by molar-refractivity contribution is 0.0894. The van der Waals surface area contributed by atoms with Gasteiger partial charge in [0.05, 0.1) is 5.52 Å². The van der Waals surface area contributed by atoms with E-state index in [0.29, 0.717) is 6.54 Å². The zero-order valence-corrected chi connectivity index (χ0v) is 10.8. The van der Waals surface area contributed by atoms with Gasteiger partial charge in [0.15, 0.2) is 5.78 Å². The van der Waals surface area contributed by atoms with E-state index in [1.54, 1.807) is 6.20 Å². The first-order chi connectivity index (χ1) is 8.65. The van der Waals surface area contributed by atoms with Crippen LogP contribution in [0, 0.1) is 11.8 Å². The molecule has 1 unspecified atom stereocenters. The number of fused-ring (bicyclic) bond motifs is 1. The Balaban J connectivity index is 2.51. The normalized spacial score (nSPS) is 12.9. The molecule has 18 heavy (non-hydrogen) atoms. The van der Waals surface area contributed by atoms with Crippen LogP contribution in [0.25, 0.3) is 10.9 Å². The molecule has 0 amide bonds. The second kappa shape index (κ2) is 5.27. The molecule has 0 saturated heterocycles. The lowest BCUT2D eigenvalue weighted by Gasteiger charge is -2.18. The minimum Gasteiger partial charge on any atom is -0.330 e. The summed E-state index contributed by atoms with van der Waals surface area (Å²) in [5.41, 5.74) is 7.30. The van der Waals surface area contributed by atoms with Gasteiger partial charge in [0.2, 0.25) is 0 Å². The molecule has 94 valence electrons. The van der Waals surface area contributed by atoms with Crippen LogP contribution >= 0.6 is 0 Å². The number of ketones is 1. The second-order valence-electron chi connectivity index (χ2n) is 4.83. The minimum absolute atomic E-state index is 0.117. The molecule has 0 aliphatic rings. The van der Waals surface area contributed by atoms with Crippen LogP contribution in [0.15, 0.2) is 36.5 Å². The predicted octanol–water partition coefficient (Wildman–Crippen LogP) is 2.65. The maximum atomic E-state index is 12.5. The van der Waals surface area contributed by atoms with Crippen LogP contribution in [0.3, 0.4) is 0 Å². The summed E-state index contributed by atoms with van der Waals surface area (Å²) in [6, 6.07) is 9.43. The molecule has 1 atom stereocenters. The Hall–Kier alpha value is -1.74. The van der Waals surface area contributed by atoms with E-state index in [0.717, 1.165) is 16.5 Å². The first kappa shape index (κ1) is 12.7. The van der Waals surface area contributed by atoms with Crippen molar-refractivity contribution in [3.05, 3.63) is 42.1 Å². The average molecular weight is 242 g/mol. The van der Waals surface area contributed by atoms with Crippen LogP contribution in [0.4, 0.5) is 0 Å². The Morgan fingerprint density at radius 1 is 1.28 bits per heavy atom. The fraction of sp³-hybridized carbons (Fsp3) is 0.333. The fourth-order valence-corrected chi connectivity index (χ4v) is 2.20. The van der Waals surface area contributed by atoms with Crippen molar-refractivity contribution in [1.82, 2.24) is 4.98 Å². The van der Waals surface area contributed by atoms with Crippen molar-refractivity contribution in [1.29, 1.82) is 0 Å².